The van der Waals surface area contributed by atoms with Crippen molar-refractivity contribution in [1.29, 1.82) is 0 Å². The molecular formula is C38H33N3O6S2. The van der Waals surface area contributed by atoms with Crippen LogP contribution in [-0.2, 0) is 14.3 Å². The second-order valence-electron chi connectivity index (χ2n) is 10.4. The molecule has 0 radical (unpaired) electrons. The molecule has 0 aliphatic heterocycles. The first kappa shape index (κ1) is 34.7. The predicted molar refractivity (Wildman–Crippen MR) is 195 cm³/mol. The summed E-state index contributed by atoms with van der Waals surface area (Å²) in [6.45, 7) is 1.94. The number of methoxy groups -OCH3 is 1. The molecule has 0 atom stereocenters. The average Bonchev–Trinajstić information content (AvgIpc) is 3.55. The van der Waals surface area contributed by atoms with E-state index in [1.807, 2.05) is 47.8 Å². The summed E-state index contributed by atoms with van der Waals surface area (Å²) in [6, 6.07) is 32.2. The number of carbonyl (C=O) groups is 4. The second-order valence-corrected chi connectivity index (χ2v) is 12.3. The van der Waals surface area contributed by atoms with Gasteiger partial charge in [-0.15, -0.1) is 23.1 Å². The van der Waals surface area contributed by atoms with Gasteiger partial charge in [-0.1, -0.05) is 72.8 Å². The lowest BCUT2D eigenvalue weighted by Crippen LogP contribution is -2.30. The van der Waals surface area contributed by atoms with E-state index in [1.54, 1.807) is 79.7 Å². The van der Waals surface area contributed by atoms with Crippen molar-refractivity contribution in [3.8, 4) is 16.9 Å². The zero-order valence-corrected chi connectivity index (χ0v) is 28.4. The fourth-order valence-electron chi connectivity index (χ4n) is 4.74. The number of carbonyl (C=O) groups excluding carboxylic acids is 4. The van der Waals surface area contributed by atoms with Crippen molar-refractivity contribution in [2.75, 3.05) is 30.1 Å². The van der Waals surface area contributed by atoms with E-state index in [4.69, 9.17) is 9.47 Å². The van der Waals surface area contributed by atoms with Crippen molar-refractivity contribution >= 4 is 63.6 Å². The van der Waals surface area contributed by atoms with E-state index in [0.29, 0.717) is 38.7 Å². The molecule has 5 aromatic rings. The molecule has 0 spiro atoms. The van der Waals surface area contributed by atoms with Crippen molar-refractivity contribution in [3.05, 3.63) is 137 Å². The van der Waals surface area contributed by atoms with Crippen molar-refractivity contribution in [2.24, 2.45) is 0 Å². The van der Waals surface area contributed by atoms with Crippen molar-refractivity contribution in [2.45, 2.75) is 11.8 Å². The molecule has 0 aliphatic rings. The number of esters is 1. The molecule has 11 heteroatoms. The maximum Gasteiger partial charge on any atom is 0.341 e. The molecule has 0 aliphatic carbocycles. The number of anilines is 2. The highest BCUT2D eigenvalue weighted by molar-refractivity contribution is 8.00. The third kappa shape index (κ3) is 9.25. The molecule has 3 N–H and O–H groups in total. The Bertz CT molecular complexity index is 1980. The number of benzene rings is 4. The summed E-state index contributed by atoms with van der Waals surface area (Å²) in [4.78, 5) is 53.2. The number of thiophene rings is 1. The van der Waals surface area contributed by atoms with Crippen LogP contribution >= 0.6 is 23.1 Å². The molecule has 9 nitrogen and oxygen atoms in total. The molecule has 1 aromatic heterocycles. The Hall–Kier alpha value is -5.65. The summed E-state index contributed by atoms with van der Waals surface area (Å²) in [5, 5.41) is 10.7. The van der Waals surface area contributed by atoms with Gasteiger partial charge in [0.25, 0.3) is 11.8 Å². The summed E-state index contributed by atoms with van der Waals surface area (Å²) in [5.74, 6) is -1.23. The topological polar surface area (TPSA) is 123 Å². The van der Waals surface area contributed by atoms with Gasteiger partial charge in [0, 0.05) is 32.7 Å². The molecular weight excluding hydrogens is 659 g/mol. The van der Waals surface area contributed by atoms with E-state index < -0.39 is 17.8 Å². The highest BCUT2D eigenvalue weighted by Crippen LogP contribution is 2.36. The van der Waals surface area contributed by atoms with E-state index in [0.717, 1.165) is 10.5 Å². The van der Waals surface area contributed by atoms with Crippen LogP contribution in [0.5, 0.6) is 5.75 Å². The largest absolute Gasteiger partial charge is 0.496 e. The molecule has 0 unspecified atom stereocenters. The number of amides is 3. The Labute approximate surface area is 292 Å². The van der Waals surface area contributed by atoms with Crippen molar-refractivity contribution in [1.82, 2.24) is 5.32 Å². The molecule has 3 amide bonds. The summed E-state index contributed by atoms with van der Waals surface area (Å²) in [7, 11) is 1.53. The highest BCUT2D eigenvalue weighted by Gasteiger charge is 2.23. The Kier molecular flexibility index (Phi) is 12.0. The molecule has 0 fully saturated rings. The number of hydrogen-bond donors (Lipinski definition) is 3. The van der Waals surface area contributed by atoms with Gasteiger partial charge in [-0.05, 0) is 55.0 Å². The molecule has 5 rings (SSSR count). The minimum absolute atomic E-state index is 0.0130. The van der Waals surface area contributed by atoms with E-state index in [-0.39, 0.29) is 24.0 Å². The van der Waals surface area contributed by atoms with Crippen LogP contribution in [-0.4, -0.2) is 43.2 Å². The lowest BCUT2D eigenvalue weighted by Gasteiger charge is -2.13. The molecule has 4 aromatic carbocycles. The van der Waals surface area contributed by atoms with Crippen LogP contribution in [0.25, 0.3) is 17.2 Å². The molecule has 0 saturated heterocycles. The lowest BCUT2D eigenvalue weighted by molar-refractivity contribution is -0.114. The van der Waals surface area contributed by atoms with E-state index in [9.17, 15) is 19.2 Å². The summed E-state index contributed by atoms with van der Waals surface area (Å²) in [6.07, 6.45) is 1.55. The van der Waals surface area contributed by atoms with Gasteiger partial charge in [-0.25, -0.2) is 4.79 Å². The van der Waals surface area contributed by atoms with Crippen LogP contribution in [0.15, 0.2) is 125 Å². The summed E-state index contributed by atoms with van der Waals surface area (Å²) in [5.41, 5.74) is 3.32. The smallest absolute Gasteiger partial charge is 0.341 e. The van der Waals surface area contributed by atoms with E-state index in [2.05, 4.69) is 16.0 Å². The van der Waals surface area contributed by atoms with Gasteiger partial charge >= 0.3 is 5.97 Å². The minimum atomic E-state index is -0.548. The van der Waals surface area contributed by atoms with Gasteiger partial charge in [0.05, 0.1) is 19.5 Å². The number of ether oxygens (including phenoxy) is 2. The summed E-state index contributed by atoms with van der Waals surface area (Å²) >= 11 is 2.52. The molecule has 49 heavy (non-hydrogen) atoms. The number of hydrogen-bond acceptors (Lipinski definition) is 8. The van der Waals surface area contributed by atoms with Crippen LogP contribution in [0.1, 0.15) is 33.2 Å². The zero-order chi connectivity index (χ0) is 34.6. The lowest BCUT2D eigenvalue weighted by atomic mass is 10.0. The quantitative estimate of drug-likeness (QED) is 0.0656. The fraction of sp³-hybridized carbons (Fsp3) is 0.105. The van der Waals surface area contributed by atoms with E-state index in [1.165, 1.54) is 30.2 Å². The first-order chi connectivity index (χ1) is 23.9. The third-order valence-corrected chi connectivity index (χ3v) is 8.93. The first-order valence-electron chi connectivity index (χ1n) is 15.3. The molecule has 0 saturated carbocycles. The monoisotopic (exact) mass is 691 g/mol. The van der Waals surface area contributed by atoms with Crippen LogP contribution in [0.3, 0.4) is 0 Å². The standard InChI is InChI=1S/C38H33N3O6S2/c1-3-47-38(45)34-30(25-13-6-4-7-14-25)23-49-37(34)41-33(42)24-48-29-19-12-18-28(22-29)39-36(44)31(21-27-17-10-11-20-32(27)46-2)40-35(43)26-15-8-5-9-16-26/h4-23H,3,24H2,1-2H3,(H,39,44)(H,40,43)(H,41,42)/b31-21+. The number of para-hydroxylation sites is 1. The molecule has 0 bridgehead atoms. The van der Waals surface area contributed by atoms with Crippen molar-refractivity contribution in [3.63, 3.8) is 0 Å². The van der Waals surface area contributed by atoms with Gasteiger partial charge in [0.1, 0.15) is 22.0 Å². The van der Waals surface area contributed by atoms with Crippen LogP contribution in [0, 0.1) is 0 Å². The Morgan fingerprint density at radius 3 is 2.29 bits per heavy atom. The average molecular weight is 692 g/mol. The Balaban J connectivity index is 1.28. The number of rotatable bonds is 13. The van der Waals surface area contributed by atoms with Crippen LogP contribution in [0.4, 0.5) is 10.7 Å². The normalized spacial score (nSPS) is 10.9. The Morgan fingerprint density at radius 1 is 0.837 bits per heavy atom. The number of thioether (sulfide) groups is 1. The van der Waals surface area contributed by atoms with Gasteiger partial charge < -0.3 is 25.4 Å². The fourth-order valence-corrected chi connectivity index (χ4v) is 6.47. The maximum atomic E-state index is 13.6. The predicted octanol–water partition coefficient (Wildman–Crippen LogP) is 7.74. The van der Waals surface area contributed by atoms with Gasteiger partial charge in [0.2, 0.25) is 5.91 Å². The first-order valence-corrected chi connectivity index (χ1v) is 17.1. The van der Waals surface area contributed by atoms with Crippen molar-refractivity contribution < 1.29 is 28.7 Å². The van der Waals surface area contributed by atoms with Gasteiger partial charge in [-0.2, -0.15) is 0 Å². The van der Waals surface area contributed by atoms with E-state index >= 15 is 0 Å². The molecule has 1 heterocycles. The zero-order valence-electron chi connectivity index (χ0n) is 26.7. The third-order valence-electron chi connectivity index (χ3n) is 7.04. The SMILES string of the molecule is CCOC(=O)c1c(-c2ccccc2)csc1NC(=O)CSc1cccc(NC(=O)/C(=C\c2ccccc2OC)NC(=O)c2ccccc2)c1. The van der Waals surface area contributed by atoms with Crippen LogP contribution in [0.2, 0.25) is 0 Å². The second kappa shape index (κ2) is 17.0. The minimum Gasteiger partial charge on any atom is -0.496 e. The number of nitrogens with one attached hydrogen (secondary N) is 3. The van der Waals surface area contributed by atoms with Gasteiger partial charge in [0.15, 0.2) is 0 Å². The van der Waals surface area contributed by atoms with Crippen LogP contribution < -0.4 is 20.7 Å². The highest BCUT2D eigenvalue weighted by atomic mass is 32.2. The molecule has 248 valence electrons. The Morgan fingerprint density at radius 2 is 1.55 bits per heavy atom. The summed E-state index contributed by atoms with van der Waals surface area (Å²) < 4.78 is 10.7. The maximum absolute atomic E-state index is 13.6. The van der Waals surface area contributed by atoms with Gasteiger partial charge in [-0.3, -0.25) is 14.4 Å².